The lowest BCUT2D eigenvalue weighted by Gasteiger charge is -2.20. The predicted octanol–water partition coefficient (Wildman–Crippen LogP) is 4.37. The molecule has 2 heterocycles. The summed E-state index contributed by atoms with van der Waals surface area (Å²) in [5, 5.41) is 0. The van der Waals surface area contributed by atoms with Gasteiger partial charge in [0, 0.05) is 18.4 Å². The Morgan fingerprint density at radius 3 is 1.87 bits per heavy atom. The summed E-state index contributed by atoms with van der Waals surface area (Å²) < 4.78 is 27.8. The number of rotatable bonds is 8. The van der Waals surface area contributed by atoms with Crippen LogP contribution in [-0.4, -0.2) is 35.2 Å². The van der Waals surface area contributed by atoms with Gasteiger partial charge in [-0.3, -0.25) is 9.79 Å². The molecule has 3 aromatic carbocycles. The maximum Gasteiger partial charge on any atom is 0.524 e. The second kappa shape index (κ2) is 8.23. The molecule has 6 nitrogen and oxygen atoms in total. The van der Waals surface area contributed by atoms with Crippen molar-refractivity contribution in [2.24, 2.45) is 0 Å². The molecular formula is C24H23O6P. The molecule has 31 heavy (non-hydrogen) atoms. The molecule has 0 spiro atoms. The van der Waals surface area contributed by atoms with Crippen LogP contribution in [0.15, 0.2) is 66.7 Å². The van der Waals surface area contributed by atoms with Crippen LogP contribution in [0.2, 0.25) is 0 Å². The van der Waals surface area contributed by atoms with Crippen LogP contribution in [-0.2, 0) is 26.9 Å². The fourth-order valence-corrected chi connectivity index (χ4v) is 4.41. The first-order chi connectivity index (χ1) is 15.0. The van der Waals surface area contributed by atoms with Crippen LogP contribution in [0.25, 0.3) is 22.3 Å². The molecule has 0 amide bonds. The largest absolute Gasteiger partial charge is 0.524 e. The zero-order valence-electron chi connectivity index (χ0n) is 16.8. The van der Waals surface area contributed by atoms with Crippen LogP contribution in [0.5, 0.6) is 5.75 Å². The summed E-state index contributed by atoms with van der Waals surface area (Å²) in [7, 11) is -4.75. The van der Waals surface area contributed by atoms with Gasteiger partial charge in [-0.05, 0) is 33.9 Å². The zero-order valence-corrected chi connectivity index (χ0v) is 17.7. The third-order valence-corrected chi connectivity index (χ3v) is 5.97. The molecule has 0 saturated carbocycles. The molecule has 2 saturated heterocycles. The molecule has 5 rings (SSSR count). The van der Waals surface area contributed by atoms with E-state index in [2.05, 4.69) is 6.07 Å². The summed E-state index contributed by atoms with van der Waals surface area (Å²) in [4.78, 5) is 19.1. The van der Waals surface area contributed by atoms with E-state index in [1.807, 2.05) is 48.5 Å². The fraction of sp³-hybridized carbons (Fsp3) is 0.250. The van der Waals surface area contributed by atoms with Gasteiger partial charge in [0.25, 0.3) is 0 Å². The Labute approximate surface area is 180 Å². The first kappa shape index (κ1) is 20.4. The monoisotopic (exact) mass is 438 g/mol. The highest BCUT2D eigenvalue weighted by molar-refractivity contribution is 7.46. The molecule has 3 aromatic rings. The van der Waals surface area contributed by atoms with Gasteiger partial charge >= 0.3 is 7.82 Å². The number of epoxide rings is 2. The molecule has 2 aliphatic heterocycles. The van der Waals surface area contributed by atoms with Gasteiger partial charge in [-0.1, -0.05) is 60.7 Å². The second-order valence-electron chi connectivity index (χ2n) is 7.89. The Bertz CT molecular complexity index is 1150. The van der Waals surface area contributed by atoms with Crippen molar-refractivity contribution in [3.63, 3.8) is 0 Å². The smallest absolute Gasteiger partial charge is 0.404 e. The van der Waals surface area contributed by atoms with Crippen molar-refractivity contribution >= 4 is 7.82 Å². The quantitative estimate of drug-likeness (QED) is 0.401. The van der Waals surface area contributed by atoms with Gasteiger partial charge in [0.15, 0.2) is 0 Å². The molecule has 2 aliphatic rings. The van der Waals surface area contributed by atoms with Crippen LogP contribution < -0.4 is 4.52 Å². The van der Waals surface area contributed by atoms with E-state index >= 15 is 0 Å². The summed E-state index contributed by atoms with van der Waals surface area (Å²) in [6.07, 6.45) is 1.92. The third kappa shape index (κ3) is 4.90. The van der Waals surface area contributed by atoms with Gasteiger partial charge < -0.3 is 14.0 Å². The predicted molar refractivity (Wildman–Crippen MR) is 117 cm³/mol. The zero-order chi connectivity index (χ0) is 21.4. The van der Waals surface area contributed by atoms with Crippen molar-refractivity contribution in [2.45, 2.75) is 25.0 Å². The Balaban J connectivity index is 1.70. The highest BCUT2D eigenvalue weighted by Crippen LogP contribution is 2.47. The summed E-state index contributed by atoms with van der Waals surface area (Å²) in [5.74, 6) is 0.160. The summed E-state index contributed by atoms with van der Waals surface area (Å²) in [5.41, 5.74) is 5.60. The van der Waals surface area contributed by atoms with E-state index in [0.29, 0.717) is 5.56 Å². The molecule has 2 N–H and O–H groups in total. The lowest BCUT2D eigenvalue weighted by molar-refractivity contribution is 0.283. The maximum atomic E-state index is 11.8. The van der Waals surface area contributed by atoms with E-state index in [4.69, 9.17) is 14.0 Å². The first-order valence-corrected chi connectivity index (χ1v) is 11.8. The number of ether oxygens (including phenoxy) is 2. The Kier molecular flexibility index (Phi) is 5.42. The van der Waals surface area contributed by atoms with Gasteiger partial charge in [-0.2, -0.15) is 0 Å². The Hall–Kier alpha value is -2.47. The lowest BCUT2D eigenvalue weighted by atomic mass is 9.87. The topological polar surface area (TPSA) is 91.8 Å². The number of hydrogen-bond acceptors (Lipinski definition) is 4. The highest BCUT2D eigenvalue weighted by atomic mass is 31.2. The standard InChI is InChI=1S/C24H23O6P/c25-31(26,27)30-23-11-5-10-22(20-8-3-1-6-16(20)12-18-14-28-18)24(23)21-9-4-2-7-17(21)13-19-15-29-19/h1-11,18-19H,12-15H2,(H2,25,26,27). The van der Waals surface area contributed by atoms with Crippen LogP contribution in [0.1, 0.15) is 11.1 Å². The van der Waals surface area contributed by atoms with E-state index in [1.54, 1.807) is 12.1 Å². The Morgan fingerprint density at radius 2 is 1.29 bits per heavy atom. The molecule has 0 aromatic heterocycles. The number of hydrogen-bond donors (Lipinski definition) is 2. The molecular weight excluding hydrogens is 415 g/mol. The van der Waals surface area contributed by atoms with Crippen molar-refractivity contribution in [3.05, 3.63) is 77.9 Å². The fourth-order valence-electron chi connectivity index (χ4n) is 4.00. The van der Waals surface area contributed by atoms with Crippen molar-refractivity contribution < 1.29 is 28.3 Å². The van der Waals surface area contributed by atoms with Crippen molar-refractivity contribution in [3.8, 4) is 28.0 Å². The molecule has 0 aliphatic carbocycles. The average molecular weight is 438 g/mol. The number of phosphoric ester groups is 1. The van der Waals surface area contributed by atoms with E-state index < -0.39 is 7.82 Å². The van der Waals surface area contributed by atoms with E-state index in [1.165, 1.54) is 0 Å². The van der Waals surface area contributed by atoms with Crippen LogP contribution >= 0.6 is 7.82 Å². The highest BCUT2D eigenvalue weighted by Gasteiger charge is 2.28. The van der Waals surface area contributed by atoms with Gasteiger partial charge in [0.2, 0.25) is 0 Å². The minimum atomic E-state index is -4.75. The average Bonchev–Trinajstić information content (AvgIpc) is 3.65. The van der Waals surface area contributed by atoms with E-state index in [9.17, 15) is 14.4 Å². The molecule has 2 atom stereocenters. The molecule has 0 radical (unpaired) electrons. The van der Waals surface area contributed by atoms with E-state index in [0.717, 1.165) is 53.9 Å². The molecule has 2 unspecified atom stereocenters. The molecule has 160 valence electrons. The molecule has 7 heteroatoms. The van der Waals surface area contributed by atoms with Crippen molar-refractivity contribution in [1.29, 1.82) is 0 Å². The van der Waals surface area contributed by atoms with Gasteiger partial charge in [-0.15, -0.1) is 0 Å². The van der Waals surface area contributed by atoms with Crippen molar-refractivity contribution in [1.82, 2.24) is 0 Å². The minimum Gasteiger partial charge on any atom is -0.404 e. The van der Waals surface area contributed by atoms with E-state index in [-0.39, 0.29) is 18.0 Å². The third-order valence-electron chi connectivity index (χ3n) is 5.54. The second-order valence-corrected chi connectivity index (χ2v) is 9.06. The number of benzene rings is 3. The summed E-state index contributed by atoms with van der Waals surface area (Å²) >= 11 is 0. The van der Waals surface area contributed by atoms with Crippen LogP contribution in [0.4, 0.5) is 0 Å². The van der Waals surface area contributed by atoms with Crippen LogP contribution in [0, 0.1) is 0 Å². The van der Waals surface area contributed by atoms with Crippen molar-refractivity contribution in [2.75, 3.05) is 13.2 Å². The normalized spacial score (nSPS) is 19.8. The lowest BCUT2D eigenvalue weighted by Crippen LogP contribution is -2.01. The molecule has 0 bridgehead atoms. The summed E-state index contributed by atoms with van der Waals surface area (Å²) in [6, 6.07) is 21.3. The minimum absolute atomic E-state index is 0.160. The van der Waals surface area contributed by atoms with Crippen LogP contribution in [0.3, 0.4) is 0 Å². The maximum absolute atomic E-state index is 11.8. The summed E-state index contributed by atoms with van der Waals surface area (Å²) in [6.45, 7) is 1.48. The van der Waals surface area contributed by atoms with Gasteiger partial charge in [-0.25, -0.2) is 4.57 Å². The number of phosphoric acid groups is 1. The van der Waals surface area contributed by atoms with Gasteiger partial charge in [0.1, 0.15) is 5.75 Å². The SMILES string of the molecule is O=P(O)(O)Oc1cccc(-c2ccccc2CC2CO2)c1-c1ccccc1CC1CO1. The molecule has 2 fully saturated rings. The Morgan fingerprint density at radius 1 is 0.774 bits per heavy atom. The van der Waals surface area contributed by atoms with Gasteiger partial charge in [0.05, 0.1) is 25.4 Å². The first-order valence-electron chi connectivity index (χ1n) is 10.3.